The first kappa shape index (κ1) is 22.5. The molecular formula is C26H28FNO3. The zero-order chi connectivity index (χ0) is 22.3. The van der Waals surface area contributed by atoms with E-state index in [2.05, 4.69) is 4.98 Å². The maximum absolute atomic E-state index is 13.4. The molecule has 0 aliphatic carbocycles. The predicted octanol–water partition coefficient (Wildman–Crippen LogP) is 6.30. The number of methoxy groups -OCH3 is 1. The van der Waals surface area contributed by atoms with Crippen LogP contribution in [0.25, 0.3) is 22.4 Å². The van der Waals surface area contributed by atoms with Gasteiger partial charge in [-0.3, -0.25) is 4.79 Å². The number of pyridine rings is 1. The van der Waals surface area contributed by atoms with Gasteiger partial charge in [-0.1, -0.05) is 42.5 Å². The fourth-order valence-electron chi connectivity index (χ4n) is 3.37. The molecule has 0 amide bonds. The number of hydrogen-bond donors (Lipinski definition) is 0. The zero-order valence-corrected chi connectivity index (χ0v) is 18.2. The number of nitrogens with zero attached hydrogens (tertiary/aromatic N) is 1. The largest absolute Gasteiger partial charge is 0.478 e. The molecule has 0 atom stereocenters. The lowest BCUT2D eigenvalue weighted by Gasteiger charge is -2.21. The first-order chi connectivity index (χ1) is 14.9. The number of rotatable bonds is 9. The SMILES string of the molecule is COC(=O)C(C)(C)CCCCOc1cc(-c2ccc(F)cc2)cc(-c2ccccc2)n1. The minimum absolute atomic E-state index is 0.199. The van der Waals surface area contributed by atoms with Crippen molar-refractivity contribution in [2.75, 3.05) is 13.7 Å². The summed E-state index contributed by atoms with van der Waals surface area (Å²) in [4.78, 5) is 16.5. The highest BCUT2D eigenvalue weighted by molar-refractivity contribution is 5.75. The molecule has 0 saturated carbocycles. The summed E-state index contributed by atoms with van der Waals surface area (Å²) in [5.41, 5.74) is 3.08. The van der Waals surface area contributed by atoms with Crippen molar-refractivity contribution in [3.05, 3.63) is 72.5 Å². The van der Waals surface area contributed by atoms with Crippen LogP contribution in [0.3, 0.4) is 0 Å². The van der Waals surface area contributed by atoms with Crippen LogP contribution < -0.4 is 4.74 Å². The topological polar surface area (TPSA) is 48.4 Å². The Labute approximate surface area is 183 Å². The summed E-state index contributed by atoms with van der Waals surface area (Å²) in [5, 5.41) is 0. The molecule has 1 heterocycles. The molecule has 3 rings (SSSR count). The average Bonchev–Trinajstić information content (AvgIpc) is 2.79. The van der Waals surface area contributed by atoms with E-state index >= 15 is 0 Å². The zero-order valence-electron chi connectivity index (χ0n) is 18.2. The van der Waals surface area contributed by atoms with Crippen LogP contribution in [0.4, 0.5) is 4.39 Å². The normalized spacial score (nSPS) is 11.2. The number of hydrogen-bond acceptors (Lipinski definition) is 4. The molecule has 0 aliphatic heterocycles. The van der Waals surface area contributed by atoms with Crippen molar-refractivity contribution in [3.8, 4) is 28.3 Å². The maximum atomic E-state index is 13.4. The van der Waals surface area contributed by atoms with Crippen molar-refractivity contribution in [2.45, 2.75) is 33.1 Å². The van der Waals surface area contributed by atoms with Gasteiger partial charge in [0.1, 0.15) is 5.82 Å². The van der Waals surface area contributed by atoms with Gasteiger partial charge in [0.15, 0.2) is 0 Å². The van der Waals surface area contributed by atoms with Crippen molar-refractivity contribution in [3.63, 3.8) is 0 Å². The Balaban J connectivity index is 1.73. The number of ether oxygens (including phenoxy) is 2. The van der Waals surface area contributed by atoms with E-state index in [0.29, 0.717) is 12.5 Å². The monoisotopic (exact) mass is 421 g/mol. The third-order valence-corrected chi connectivity index (χ3v) is 5.23. The van der Waals surface area contributed by atoms with E-state index in [4.69, 9.17) is 9.47 Å². The van der Waals surface area contributed by atoms with Gasteiger partial charge in [0.05, 0.1) is 24.8 Å². The van der Waals surface area contributed by atoms with Crippen molar-refractivity contribution < 1.29 is 18.7 Å². The Kier molecular flexibility index (Phi) is 7.40. The van der Waals surface area contributed by atoms with Crippen molar-refractivity contribution in [1.82, 2.24) is 4.98 Å². The van der Waals surface area contributed by atoms with Crippen LogP contribution in [0.2, 0.25) is 0 Å². The lowest BCUT2D eigenvalue weighted by atomic mass is 9.87. The number of halogens is 1. The van der Waals surface area contributed by atoms with E-state index in [1.807, 2.05) is 56.3 Å². The molecule has 4 nitrogen and oxygen atoms in total. The molecule has 1 aromatic heterocycles. The molecule has 0 fully saturated rings. The highest BCUT2D eigenvalue weighted by atomic mass is 19.1. The summed E-state index contributed by atoms with van der Waals surface area (Å²) >= 11 is 0. The maximum Gasteiger partial charge on any atom is 0.311 e. The van der Waals surface area contributed by atoms with Gasteiger partial charge in [-0.05, 0) is 62.4 Å². The van der Waals surface area contributed by atoms with E-state index in [9.17, 15) is 9.18 Å². The molecule has 5 heteroatoms. The summed E-state index contributed by atoms with van der Waals surface area (Å²) in [7, 11) is 1.41. The molecule has 0 unspecified atom stereocenters. The Bertz CT molecular complexity index is 1000. The van der Waals surface area contributed by atoms with E-state index in [1.54, 1.807) is 12.1 Å². The van der Waals surface area contributed by atoms with Gasteiger partial charge in [-0.15, -0.1) is 0 Å². The fourth-order valence-corrected chi connectivity index (χ4v) is 3.37. The van der Waals surface area contributed by atoms with Crippen LogP contribution in [0.1, 0.15) is 33.1 Å². The van der Waals surface area contributed by atoms with Gasteiger partial charge >= 0.3 is 5.97 Å². The van der Waals surface area contributed by atoms with Gasteiger partial charge in [-0.25, -0.2) is 9.37 Å². The smallest absolute Gasteiger partial charge is 0.311 e. The quantitative estimate of drug-likeness (QED) is 0.300. The predicted molar refractivity (Wildman–Crippen MR) is 120 cm³/mol. The van der Waals surface area contributed by atoms with Crippen LogP contribution in [0, 0.1) is 11.2 Å². The van der Waals surface area contributed by atoms with Gasteiger partial charge in [0.2, 0.25) is 5.88 Å². The minimum atomic E-state index is -0.504. The molecule has 0 N–H and O–H groups in total. The number of esters is 1. The van der Waals surface area contributed by atoms with Crippen LogP contribution >= 0.6 is 0 Å². The second kappa shape index (κ2) is 10.2. The Morgan fingerprint density at radius 2 is 1.65 bits per heavy atom. The summed E-state index contributed by atoms with van der Waals surface area (Å²) in [6.45, 7) is 4.27. The molecule has 0 aliphatic rings. The van der Waals surface area contributed by atoms with Gasteiger partial charge < -0.3 is 9.47 Å². The number of carbonyl (C=O) groups is 1. The Hall–Kier alpha value is -3.21. The molecule has 31 heavy (non-hydrogen) atoms. The van der Waals surface area contributed by atoms with Gasteiger partial charge in [-0.2, -0.15) is 0 Å². The molecule has 0 bridgehead atoms. The van der Waals surface area contributed by atoms with Crippen molar-refractivity contribution >= 4 is 5.97 Å². The van der Waals surface area contributed by atoms with Crippen LogP contribution in [0.15, 0.2) is 66.7 Å². The number of carbonyl (C=O) groups excluding carboxylic acids is 1. The van der Waals surface area contributed by atoms with E-state index in [1.165, 1.54) is 19.2 Å². The number of unbranched alkanes of at least 4 members (excludes halogenated alkanes) is 1. The molecule has 3 aromatic rings. The van der Waals surface area contributed by atoms with Gasteiger partial charge in [0.25, 0.3) is 0 Å². The first-order valence-corrected chi connectivity index (χ1v) is 10.4. The van der Waals surface area contributed by atoms with Gasteiger partial charge in [0, 0.05) is 11.6 Å². The summed E-state index contributed by atoms with van der Waals surface area (Å²) in [6.07, 6.45) is 2.36. The fraction of sp³-hybridized carbons (Fsp3) is 0.308. The summed E-state index contributed by atoms with van der Waals surface area (Å²) < 4.78 is 24.2. The second-order valence-electron chi connectivity index (χ2n) is 8.13. The Morgan fingerprint density at radius 3 is 2.32 bits per heavy atom. The highest BCUT2D eigenvalue weighted by Gasteiger charge is 2.27. The summed E-state index contributed by atoms with van der Waals surface area (Å²) in [5.74, 6) is 0.0509. The molecular weight excluding hydrogens is 393 g/mol. The Morgan fingerprint density at radius 1 is 0.935 bits per heavy atom. The standard InChI is InChI=1S/C26H28FNO3/c1-26(2,25(29)30-3)15-7-8-16-31-24-18-21(19-11-13-22(27)14-12-19)17-23(28-24)20-9-5-4-6-10-20/h4-6,9-14,17-18H,7-8,15-16H2,1-3H3. The molecule has 0 saturated heterocycles. The van der Waals surface area contributed by atoms with Crippen LogP contribution in [0.5, 0.6) is 5.88 Å². The third kappa shape index (κ3) is 6.14. The van der Waals surface area contributed by atoms with Crippen molar-refractivity contribution in [2.24, 2.45) is 5.41 Å². The molecule has 2 aromatic carbocycles. The minimum Gasteiger partial charge on any atom is -0.478 e. The highest BCUT2D eigenvalue weighted by Crippen LogP contribution is 2.29. The van der Waals surface area contributed by atoms with Crippen LogP contribution in [-0.4, -0.2) is 24.7 Å². The number of aromatic nitrogens is 1. The number of benzene rings is 2. The third-order valence-electron chi connectivity index (χ3n) is 5.23. The van der Waals surface area contributed by atoms with E-state index in [0.717, 1.165) is 41.6 Å². The van der Waals surface area contributed by atoms with E-state index < -0.39 is 5.41 Å². The average molecular weight is 422 g/mol. The lowest BCUT2D eigenvalue weighted by Crippen LogP contribution is -2.25. The molecule has 0 radical (unpaired) electrons. The lowest BCUT2D eigenvalue weighted by molar-refractivity contribution is -0.151. The summed E-state index contributed by atoms with van der Waals surface area (Å²) in [6, 6.07) is 20.1. The first-order valence-electron chi connectivity index (χ1n) is 10.4. The van der Waals surface area contributed by atoms with Crippen molar-refractivity contribution in [1.29, 1.82) is 0 Å². The van der Waals surface area contributed by atoms with E-state index in [-0.39, 0.29) is 11.8 Å². The second-order valence-corrected chi connectivity index (χ2v) is 8.13. The molecule has 162 valence electrons. The molecule has 0 spiro atoms. The van der Waals surface area contributed by atoms with Crippen LogP contribution in [-0.2, 0) is 9.53 Å².